The number of nitrogens with two attached hydrogens (primary N) is 1. The van der Waals surface area contributed by atoms with Crippen molar-refractivity contribution in [2.45, 2.75) is 31.3 Å². The molecule has 0 aromatic rings. The maximum absolute atomic E-state index is 11.9. The molecule has 16 heavy (non-hydrogen) atoms. The Bertz CT molecular complexity index is 298. The molecule has 1 amide bonds. The zero-order valence-corrected chi connectivity index (χ0v) is 9.56. The molecule has 1 saturated heterocycles. The molecule has 1 unspecified atom stereocenters. The average Bonchev–Trinajstić information content (AvgIpc) is 3.12. The van der Waals surface area contributed by atoms with Crippen LogP contribution in [0.5, 0.6) is 0 Å². The van der Waals surface area contributed by atoms with Crippen molar-refractivity contribution in [1.82, 2.24) is 9.80 Å². The first kappa shape index (κ1) is 11.4. The fraction of sp³-hybridized carbons (Fsp3) is 0.750. The van der Waals surface area contributed by atoms with E-state index in [1.807, 2.05) is 4.90 Å². The second kappa shape index (κ2) is 4.86. The van der Waals surface area contributed by atoms with E-state index in [-0.39, 0.29) is 5.91 Å². The highest BCUT2D eigenvalue weighted by molar-refractivity contribution is 5.82. The molecule has 0 bridgehead atoms. The van der Waals surface area contributed by atoms with Crippen molar-refractivity contribution < 1.29 is 4.79 Å². The Hall–Kier alpha value is -1.05. The van der Waals surface area contributed by atoms with Crippen LogP contribution < -0.4 is 5.73 Å². The van der Waals surface area contributed by atoms with Gasteiger partial charge in [0.15, 0.2) is 0 Å². The first-order valence-corrected chi connectivity index (χ1v) is 5.94. The SMILES string of the molecule is C#CCC(N)C(=O)N1CCN(C2CC2)CC1. The van der Waals surface area contributed by atoms with E-state index in [0.29, 0.717) is 6.42 Å². The van der Waals surface area contributed by atoms with Crippen LogP contribution in [0.4, 0.5) is 0 Å². The van der Waals surface area contributed by atoms with Crippen LogP contribution in [0.25, 0.3) is 0 Å². The van der Waals surface area contributed by atoms with Gasteiger partial charge in [-0.15, -0.1) is 12.3 Å². The van der Waals surface area contributed by atoms with Crippen LogP contribution in [0.1, 0.15) is 19.3 Å². The summed E-state index contributed by atoms with van der Waals surface area (Å²) in [4.78, 5) is 16.2. The predicted molar refractivity (Wildman–Crippen MR) is 62.6 cm³/mol. The molecule has 1 saturated carbocycles. The van der Waals surface area contributed by atoms with Crippen LogP contribution >= 0.6 is 0 Å². The van der Waals surface area contributed by atoms with Gasteiger partial charge in [-0.2, -0.15) is 0 Å². The molecule has 1 aliphatic carbocycles. The molecular formula is C12H19N3O. The second-order valence-corrected chi connectivity index (χ2v) is 4.61. The molecule has 88 valence electrons. The van der Waals surface area contributed by atoms with Gasteiger partial charge in [-0.3, -0.25) is 9.69 Å². The first-order valence-electron chi connectivity index (χ1n) is 5.94. The summed E-state index contributed by atoms with van der Waals surface area (Å²) in [5.74, 6) is 2.45. The topological polar surface area (TPSA) is 49.6 Å². The number of carbonyl (C=O) groups is 1. The quantitative estimate of drug-likeness (QED) is 0.662. The lowest BCUT2D eigenvalue weighted by Gasteiger charge is -2.35. The van der Waals surface area contributed by atoms with Gasteiger partial charge in [0.2, 0.25) is 5.91 Å². The van der Waals surface area contributed by atoms with Gasteiger partial charge in [0.05, 0.1) is 6.04 Å². The Morgan fingerprint density at radius 2 is 2.00 bits per heavy atom. The van der Waals surface area contributed by atoms with Gasteiger partial charge >= 0.3 is 0 Å². The van der Waals surface area contributed by atoms with Gasteiger partial charge in [-0.25, -0.2) is 0 Å². The monoisotopic (exact) mass is 221 g/mol. The number of terminal acetylenes is 1. The molecule has 4 heteroatoms. The molecule has 0 radical (unpaired) electrons. The predicted octanol–water partition coefficient (Wildman–Crippen LogP) is -0.356. The zero-order valence-electron chi connectivity index (χ0n) is 9.56. The van der Waals surface area contributed by atoms with E-state index in [1.165, 1.54) is 12.8 Å². The lowest BCUT2D eigenvalue weighted by molar-refractivity contribution is -0.134. The maximum atomic E-state index is 11.9. The van der Waals surface area contributed by atoms with Gasteiger partial charge in [0.1, 0.15) is 0 Å². The molecule has 0 aromatic heterocycles. The summed E-state index contributed by atoms with van der Waals surface area (Å²) in [6.45, 7) is 3.57. The number of amides is 1. The van der Waals surface area contributed by atoms with Crippen molar-refractivity contribution in [3.05, 3.63) is 0 Å². The van der Waals surface area contributed by atoms with Crippen molar-refractivity contribution in [3.8, 4) is 12.3 Å². The number of hydrogen-bond acceptors (Lipinski definition) is 3. The van der Waals surface area contributed by atoms with Crippen molar-refractivity contribution >= 4 is 5.91 Å². The van der Waals surface area contributed by atoms with Crippen LogP contribution in [-0.4, -0.2) is 54.0 Å². The fourth-order valence-electron chi connectivity index (χ4n) is 2.20. The number of rotatable bonds is 3. The van der Waals surface area contributed by atoms with E-state index < -0.39 is 6.04 Å². The lowest BCUT2D eigenvalue weighted by Crippen LogP contribution is -2.53. The zero-order chi connectivity index (χ0) is 11.5. The normalized spacial score (nSPS) is 23.9. The first-order chi connectivity index (χ1) is 7.72. The number of piperazine rings is 1. The van der Waals surface area contributed by atoms with Crippen LogP contribution in [-0.2, 0) is 4.79 Å². The summed E-state index contributed by atoms with van der Waals surface area (Å²) in [6.07, 6.45) is 8.14. The largest absolute Gasteiger partial charge is 0.339 e. The second-order valence-electron chi connectivity index (χ2n) is 4.61. The molecule has 2 aliphatic rings. The van der Waals surface area contributed by atoms with Gasteiger partial charge in [-0.1, -0.05) is 0 Å². The van der Waals surface area contributed by atoms with Gasteiger partial charge < -0.3 is 10.6 Å². The average molecular weight is 221 g/mol. The number of nitrogens with zero attached hydrogens (tertiary/aromatic N) is 2. The fourth-order valence-corrected chi connectivity index (χ4v) is 2.20. The van der Waals surface area contributed by atoms with E-state index in [0.717, 1.165) is 32.2 Å². The van der Waals surface area contributed by atoms with Gasteiger partial charge in [0.25, 0.3) is 0 Å². The van der Waals surface area contributed by atoms with Crippen molar-refractivity contribution in [2.75, 3.05) is 26.2 Å². The smallest absolute Gasteiger partial charge is 0.240 e. The minimum Gasteiger partial charge on any atom is -0.339 e. The van der Waals surface area contributed by atoms with Crippen LogP contribution in [0.2, 0.25) is 0 Å². The highest BCUT2D eigenvalue weighted by Gasteiger charge is 2.32. The minimum absolute atomic E-state index is 0.00777. The summed E-state index contributed by atoms with van der Waals surface area (Å²) < 4.78 is 0. The summed E-state index contributed by atoms with van der Waals surface area (Å²) in [7, 11) is 0. The van der Waals surface area contributed by atoms with Gasteiger partial charge in [-0.05, 0) is 12.8 Å². The van der Waals surface area contributed by atoms with Gasteiger partial charge in [0, 0.05) is 38.6 Å². The van der Waals surface area contributed by atoms with Crippen LogP contribution in [0, 0.1) is 12.3 Å². The standard InChI is InChI=1S/C12H19N3O/c1-2-3-11(13)12(16)15-8-6-14(7-9-15)10-4-5-10/h1,10-11H,3-9,13H2. The highest BCUT2D eigenvalue weighted by Crippen LogP contribution is 2.27. The van der Waals surface area contributed by atoms with Crippen molar-refractivity contribution in [1.29, 1.82) is 0 Å². The van der Waals surface area contributed by atoms with Crippen molar-refractivity contribution in [2.24, 2.45) is 5.73 Å². The lowest BCUT2D eigenvalue weighted by atomic mass is 10.2. The molecule has 4 nitrogen and oxygen atoms in total. The third-order valence-corrected chi connectivity index (χ3v) is 3.34. The van der Waals surface area contributed by atoms with E-state index in [9.17, 15) is 4.79 Å². The molecule has 2 rings (SSSR count). The Balaban J connectivity index is 1.79. The Kier molecular flexibility index (Phi) is 3.47. The van der Waals surface area contributed by atoms with E-state index in [4.69, 9.17) is 12.2 Å². The minimum atomic E-state index is -0.516. The van der Waals surface area contributed by atoms with Crippen LogP contribution in [0.3, 0.4) is 0 Å². The molecular weight excluding hydrogens is 202 g/mol. The van der Waals surface area contributed by atoms with E-state index in [1.54, 1.807) is 0 Å². The maximum Gasteiger partial charge on any atom is 0.240 e. The molecule has 2 N–H and O–H groups in total. The number of hydrogen-bond donors (Lipinski definition) is 1. The molecule has 1 heterocycles. The van der Waals surface area contributed by atoms with E-state index in [2.05, 4.69) is 10.8 Å². The van der Waals surface area contributed by atoms with Crippen LogP contribution in [0.15, 0.2) is 0 Å². The molecule has 1 aliphatic heterocycles. The highest BCUT2D eigenvalue weighted by atomic mass is 16.2. The molecule has 0 spiro atoms. The summed E-state index contributed by atoms with van der Waals surface area (Å²) in [5, 5.41) is 0. The molecule has 0 aromatic carbocycles. The van der Waals surface area contributed by atoms with E-state index >= 15 is 0 Å². The molecule has 1 atom stereocenters. The molecule has 2 fully saturated rings. The Labute approximate surface area is 96.8 Å². The number of carbonyl (C=O) groups excluding carboxylic acids is 1. The third-order valence-electron chi connectivity index (χ3n) is 3.34. The Morgan fingerprint density at radius 3 is 2.50 bits per heavy atom. The Morgan fingerprint density at radius 1 is 1.38 bits per heavy atom. The van der Waals surface area contributed by atoms with Crippen molar-refractivity contribution in [3.63, 3.8) is 0 Å². The summed E-state index contributed by atoms with van der Waals surface area (Å²) >= 11 is 0. The summed E-state index contributed by atoms with van der Waals surface area (Å²) in [5.41, 5.74) is 5.72. The third kappa shape index (κ3) is 2.55. The summed E-state index contributed by atoms with van der Waals surface area (Å²) in [6, 6.07) is 0.272.